The van der Waals surface area contributed by atoms with Gasteiger partial charge in [-0.05, 0) is 36.8 Å². The van der Waals surface area contributed by atoms with Gasteiger partial charge >= 0.3 is 6.18 Å². The highest BCUT2D eigenvalue weighted by Gasteiger charge is 2.34. The van der Waals surface area contributed by atoms with E-state index >= 15 is 0 Å². The Balaban J connectivity index is 1.81. The number of rotatable bonds is 6. The average Bonchev–Trinajstić information content (AvgIpc) is 2.68. The normalized spacial score (nSPS) is 11.2. The second kappa shape index (κ2) is 8.27. The van der Waals surface area contributed by atoms with Crippen molar-refractivity contribution in [1.29, 1.82) is 0 Å². The van der Waals surface area contributed by atoms with Crippen molar-refractivity contribution in [2.24, 2.45) is 5.84 Å². The molecule has 3 aromatic rings. The number of hydrogen-bond donors (Lipinski definition) is 4. The molecule has 1 aromatic carbocycles. The van der Waals surface area contributed by atoms with Gasteiger partial charge < -0.3 is 16.1 Å². The van der Waals surface area contributed by atoms with Crippen LogP contribution in [0.5, 0.6) is 0 Å². The third kappa shape index (κ3) is 5.29. The van der Waals surface area contributed by atoms with E-state index in [2.05, 4.69) is 31.0 Å². The molecule has 5 N–H and O–H groups in total. The SMILES string of the molecule is Cc1ccc(CNc2nc(NN)cc(Nc3ccc(F)c(C(F)(F)F)c3)n2)cn1. The number of aromatic nitrogens is 3. The summed E-state index contributed by atoms with van der Waals surface area (Å²) < 4.78 is 52.2. The molecule has 2 aromatic heterocycles. The molecule has 0 aliphatic carbocycles. The fourth-order valence-electron chi connectivity index (χ4n) is 2.42. The van der Waals surface area contributed by atoms with E-state index in [0.717, 1.165) is 17.3 Å². The minimum atomic E-state index is -4.81. The molecule has 0 bridgehead atoms. The summed E-state index contributed by atoms with van der Waals surface area (Å²) in [6.07, 6.45) is -3.12. The average molecular weight is 407 g/mol. The molecule has 152 valence electrons. The van der Waals surface area contributed by atoms with Crippen molar-refractivity contribution in [2.45, 2.75) is 19.6 Å². The third-order valence-corrected chi connectivity index (χ3v) is 3.84. The number of hydrogen-bond acceptors (Lipinski definition) is 7. The van der Waals surface area contributed by atoms with Gasteiger partial charge in [-0.3, -0.25) is 4.98 Å². The summed E-state index contributed by atoms with van der Waals surface area (Å²) in [5.41, 5.74) is 2.75. The number of nitrogen functional groups attached to an aromatic ring is 1. The van der Waals surface area contributed by atoms with Crippen LogP contribution in [0.3, 0.4) is 0 Å². The zero-order valence-electron chi connectivity index (χ0n) is 15.2. The van der Waals surface area contributed by atoms with Gasteiger partial charge in [0.15, 0.2) is 0 Å². The Hall–Kier alpha value is -3.47. The highest BCUT2D eigenvalue weighted by atomic mass is 19.4. The Morgan fingerprint density at radius 1 is 1.03 bits per heavy atom. The molecular weight excluding hydrogens is 390 g/mol. The molecule has 0 aliphatic heterocycles. The molecular formula is C18H17F4N7. The van der Waals surface area contributed by atoms with E-state index in [4.69, 9.17) is 5.84 Å². The molecule has 0 saturated heterocycles. The van der Waals surface area contributed by atoms with Crippen molar-refractivity contribution in [1.82, 2.24) is 15.0 Å². The minimum Gasteiger partial charge on any atom is -0.350 e. The van der Waals surface area contributed by atoms with E-state index in [1.807, 2.05) is 19.1 Å². The molecule has 11 heteroatoms. The van der Waals surface area contributed by atoms with E-state index in [0.29, 0.717) is 12.6 Å². The van der Waals surface area contributed by atoms with Crippen LogP contribution in [0.25, 0.3) is 0 Å². The summed E-state index contributed by atoms with van der Waals surface area (Å²) in [5, 5.41) is 5.69. The third-order valence-electron chi connectivity index (χ3n) is 3.84. The Bertz CT molecular complexity index is 990. The van der Waals surface area contributed by atoms with Crippen molar-refractivity contribution in [3.05, 3.63) is 65.2 Å². The van der Waals surface area contributed by atoms with E-state index in [1.165, 1.54) is 12.1 Å². The predicted molar refractivity (Wildman–Crippen MR) is 101 cm³/mol. The second-order valence-corrected chi connectivity index (χ2v) is 6.09. The lowest BCUT2D eigenvalue weighted by Gasteiger charge is -2.13. The molecule has 0 fully saturated rings. The van der Waals surface area contributed by atoms with Crippen LogP contribution in [0, 0.1) is 12.7 Å². The summed E-state index contributed by atoms with van der Waals surface area (Å²) in [6.45, 7) is 2.24. The minimum absolute atomic E-state index is 0.00841. The summed E-state index contributed by atoms with van der Waals surface area (Å²) in [4.78, 5) is 12.5. The predicted octanol–water partition coefficient (Wildman–Crippen LogP) is 3.98. The summed E-state index contributed by atoms with van der Waals surface area (Å²) in [7, 11) is 0. The van der Waals surface area contributed by atoms with Crippen LogP contribution < -0.4 is 21.9 Å². The number of hydrazine groups is 1. The van der Waals surface area contributed by atoms with Crippen LogP contribution in [0.15, 0.2) is 42.6 Å². The molecule has 0 aliphatic rings. The molecule has 0 radical (unpaired) electrons. The Kier molecular flexibility index (Phi) is 5.78. The summed E-state index contributed by atoms with van der Waals surface area (Å²) in [6, 6.07) is 7.71. The number of nitrogens with two attached hydrogens (primary N) is 1. The van der Waals surface area contributed by atoms with Gasteiger partial charge in [0, 0.05) is 30.2 Å². The lowest BCUT2D eigenvalue weighted by molar-refractivity contribution is -0.139. The van der Waals surface area contributed by atoms with Crippen LogP contribution in [0.2, 0.25) is 0 Å². The van der Waals surface area contributed by atoms with Crippen molar-refractivity contribution in [3.63, 3.8) is 0 Å². The number of anilines is 4. The number of aryl methyl sites for hydroxylation is 1. The highest BCUT2D eigenvalue weighted by molar-refractivity contribution is 5.61. The molecule has 0 unspecified atom stereocenters. The zero-order chi connectivity index (χ0) is 21.0. The van der Waals surface area contributed by atoms with E-state index in [9.17, 15) is 17.6 Å². The van der Waals surface area contributed by atoms with Gasteiger partial charge in [-0.25, -0.2) is 10.2 Å². The van der Waals surface area contributed by atoms with Gasteiger partial charge in [0.05, 0.1) is 5.56 Å². The van der Waals surface area contributed by atoms with Crippen molar-refractivity contribution >= 4 is 23.3 Å². The number of halogens is 4. The van der Waals surface area contributed by atoms with Gasteiger partial charge in [0.25, 0.3) is 0 Å². The van der Waals surface area contributed by atoms with E-state index in [-0.39, 0.29) is 23.3 Å². The van der Waals surface area contributed by atoms with Crippen molar-refractivity contribution < 1.29 is 17.6 Å². The largest absolute Gasteiger partial charge is 0.419 e. The fraction of sp³-hybridized carbons (Fsp3) is 0.167. The maximum atomic E-state index is 13.5. The maximum absolute atomic E-state index is 13.5. The fourth-order valence-corrected chi connectivity index (χ4v) is 2.42. The quantitative estimate of drug-likeness (QED) is 0.279. The molecule has 29 heavy (non-hydrogen) atoms. The number of pyridine rings is 1. The smallest absolute Gasteiger partial charge is 0.350 e. The zero-order valence-corrected chi connectivity index (χ0v) is 15.2. The van der Waals surface area contributed by atoms with Crippen molar-refractivity contribution in [2.75, 3.05) is 16.1 Å². The monoisotopic (exact) mass is 407 g/mol. The first-order valence-corrected chi connectivity index (χ1v) is 8.39. The summed E-state index contributed by atoms with van der Waals surface area (Å²) in [5.74, 6) is 4.62. The lowest BCUT2D eigenvalue weighted by Crippen LogP contribution is -2.13. The molecule has 7 nitrogen and oxygen atoms in total. The maximum Gasteiger partial charge on any atom is 0.419 e. The number of nitrogens with zero attached hydrogens (tertiary/aromatic N) is 3. The number of alkyl halides is 3. The molecule has 0 spiro atoms. The topological polar surface area (TPSA) is 101 Å². The molecule has 3 rings (SSSR count). The van der Waals surface area contributed by atoms with Crippen molar-refractivity contribution in [3.8, 4) is 0 Å². The molecule has 0 saturated carbocycles. The summed E-state index contributed by atoms with van der Waals surface area (Å²) >= 11 is 0. The first kappa shape index (κ1) is 20.3. The van der Waals surface area contributed by atoms with Crippen LogP contribution in [-0.4, -0.2) is 15.0 Å². The standard InChI is InChI=1S/C18H17F4N7/c1-10-2-3-11(8-24-10)9-25-17-27-15(7-16(28-17)29-23)26-12-4-5-14(19)13(6-12)18(20,21)22/h2-8H,9,23H2,1H3,(H3,25,26,27,28,29). The van der Waals surface area contributed by atoms with Crippen LogP contribution in [0.4, 0.5) is 40.8 Å². The number of benzene rings is 1. The second-order valence-electron chi connectivity index (χ2n) is 6.09. The van der Waals surface area contributed by atoms with E-state index in [1.54, 1.807) is 6.20 Å². The van der Waals surface area contributed by atoms with Crippen LogP contribution >= 0.6 is 0 Å². The van der Waals surface area contributed by atoms with E-state index < -0.39 is 17.6 Å². The van der Waals surface area contributed by atoms with Gasteiger partial charge in [0.1, 0.15) is 17.5 Å². The Morgan fingerprint density at radius 3 is 2.45 bits per heavy atom. The molecule has 2 heterocycles. The Labute approximate surface area is 163 Å². The first-order chi connectivity index (χ1) is 13.7. The van der Waals surface area contributed by atoms with Crippen LogP contribution in [-0.2, 0) is 12.7 Å². The van der Waals surface area contributed by atoms with Gasteiger partial charge in [0.2, 0.25) is 5.95 Å². The number of nitrogens with one attached hydrogen (secondary N) is 3. The first-order valence-electron chi connectivity index (χ1n) is 8.39. The Morgan fingerprint density at radius 2 is 1.79 bits per heavy atom. The van der Waals surface area contributed by atoms with Gasteiger partial charge in [-0.1, -0.05) is 6.07 Å². The van der Waals surface area contributed by atoms with Crippen LogP contribution in [0.1, 0.15) is 16.8 Å². The molecule has 0 amide bonds. The molecule has 0 atom stereocenters. The van der Waals surface area contributed by atoms with Gasteiger partial charge in [-0.15, -0.1) is 0 Å². The highest BCUT2D eigenvalue weighted by Crippen LogP contribution is 2.33. The lowest BCUT2D eigenvalue weighted by atomic mass is 10.2. The van der Waals surface area contributed by atoms with Gasteiger partial charge in [-0.2, -0.15) is 23.1 Å².